The normalized spacial score (nSPS) is 25.4. The summed E-state index contributed by atoms with van der Waals surface area (Å²) in [6.45, 7) is 4.39. The molecule has 5 heteroatoms. The second-order valence-electron chi connectivity index (χ2n) is 4.16. The van der Waals surface area contributed by atoms with Crippen molar-refractivity contribution in [1.29, 1.82) is 0 Å². The van der Waals surface area contributed by atoms with Gasteiger partial charge in [0.25, 0.3) is 0 Å². The van der Waals surface area contributed by atoms with Crippen LogP contribution in [0.1, 0.15) is 38.3 Å². The Morgan fingerprint density at radius 2 is 2.50 bits per heavy atom. The molecule has 1 aliphatic rings. The van der Waals surface area contributed by atoms with Crippen molar-refractivity contribution >= 4 is 22.4 Å². The molecule has 2 heterocycles. The Hall–Kier alpha value is -0.940. The molecule has 2 atom stereocenters. The molecule has 0 saturated carbocycles. The Balaban J connectivity index is 2.03. The standard InChI is InChI=1S/C11H16N2O2S/c1-7-5-9(3-4-15-7)10-6-16-11(13-10)12-8(2)14/h6-7,9H,3-5H2,1-2H3,(H,12,13,14). The largest absolute Gasteiger partial charge is 0.378 e. The summed E-state index contributed by atoms with van der Waals surface area (Å²) in [6.07, 6.45) is 2.35. The summed E-state index contributed by atoms with van der Waals surface area (Å²) < 4.78 is 5.51. The zero-order valence-corrected chi connectivity index (χ0v) is 10.3. The van der Waals surface area contributed by atoms with Crippen molar-refractivity contribution in [3.05, 3.63) is 11.1 Å². The van der Waals surface area contributed by atoms with Crippen LogP contribution < -0.4 is 5.32 Å². The van der Waals surface area contributed by atoms with E-state index in [9.17, 15) is 4.79 Å². The molecule has 16 heavy (non-hydrogen) atoms. The SMILES string of the molecule is CC(=O)Nc1nc(C2CCOC(C)C2)cs1. The molecule has 2 rings (SSSR count). The predicted octanol–water partition coefficient (Wildman–Crippen LogP) is 2.38. The number of hydrogen-bond donors (Lipinski definition) is 1. The molecule has 1 aromatic rings. The second-order valence-corrected chi connectivity index (χ2v) is 5.02. The van der Waals surface area contributed by atoms with E-state index in [1.165, 1.54) is 18.3 Å². The zero-order chi connectivity index (χ0) is 11.5. The maximum absolute atomic E-state index is 10.9. The third kappa shape index (κ3) is 2.80. The lowest BCUT2D eigenvalue weighted by Gasteiger charge is -2.25. The minimum Gasteiger partial charge on any atom is -0.378 e. The third-order valence-corrected chi connectivity index (χ3v) is 3.48. The van der Waals surface area contributed by atoms with Crippen molar-refractivity contribution in [2.24, 2.45) is 0 Å². The first kappa shape index (κ1) is 11.5. The van der Waals surface area contributed by atoms with Crippen molar-refractivity contribution in [3.63, 3.8) is 0 Å². The van der Waals surface area contributed by atoms with Crippen LogP contribution in [0.4, 0.5) is 5.13 Å². The maximum Gasteiger partial charge on any atom is 0.223 e. The average molecular weight is 240 g/mol. The Kier molecular flexibility index (Phi) is 3.56. The fraction of sp³-hybridized carbons (Fsp3) is 0.636. The molecule has 1 aromatic heterocycles. The molecule has 0 radical (unpaired) electrons. The Bertz CT molecular complexity index is 378. The van der Waals surface area contributed by atoms with E-state index in [2.05, 4.69) is 17.2 Å². The van der Waals surface area contributed by atoms with Crippen LogP contribution in [-0.2, 0) is 9.53 Å². The summed E-state index contributed by atoms with van der Waals surface area (Å²) in [6, 6.07) is 0. The van der Waals surface area contributed by atoms with Gasteiger partial charge in [0.05, 0.1) is 11.8 Å². The van der Waals surface area contributed by atoms with Gasteiger partial charge in [-0.2, -0.15) is 0 Å². The van der Waals surface area contributed by atoms with E-state index in [0.29, 0.717) is 17.2 Å². The van der Waals surface area contributed by atoms with Gasteiger partial charge in [-0.3, -0.25) is 4.79 Å². The number of rotatable bonds is 2. The Morgan fingerprint density at radius 3 is 3.19 bits per heavy atom. The molecule has 1 aliphatic heterocycles. The molecule has 4 nitrogen and oxygen atoms in total. The fourth-order valence-corrected chi connectivity index (χ4v) is 2.79. The van der Waals surface area contributed by atoms with Crippen molar-refractivity contribution in [3.8, 4) is 0 Å². The lowest BCUT2D eigenvalue weighted by atomic mass is 9.94. The van der Waals surface area contributed by atoms with Crippen LogP contribution in [0.15, 0.2) is 5.38 Å². The molecule has 88 valence electrons. The highest BCUT2D eigenvalue weighted by atomic mass is 32.1. The summed E-state index contributed by atoms with van der Waals surface area (Å²) in [4.78, 5) is 15.3. The monoisotopic (exact) mass is 240 g/mol. The van der Waals surface area contributed by atoms with Crippen molar-refractivity contribution in [2.45, 2.75) is 38.7 Å². The van der Waals surface area contributed by atoms with Crippen LogP contribution in [0, 0.1) is 0 Å². The quantitative estimate of drug-likeness (QED) is 0.863. The number of carbonyl (C=O) groups excluding carboxylic acids is 1. The highest BCUT2D eigenvalue weighted by molar-refractivity contribution is 7.13. The topological polar surface area (TPSA) is 51.2 Å². The third-order valence-electron chi connectivity index (χ3n) is 2.71. The predicted molar refractivity (Wildman–Crippen MR) is 63.8 cm³/mol. The molecule has 1 amide bonds. The summed E-state index contributed by atoms with van der Waals surface area (Å²) in [5, 5.41) is 5.44. The molecule has 0 aromatic carbocycles. The maximum atomic E-state index is 10.9. The number of hydrogen-bond acceptors (Lipinski definition) is 4. The van der Waals surface area contributed by atoms with Crippen LogP contribution in [0.5, 0.6) is 0 Å². The van der Waals surface area contributed by atoms with E-state index in [1.54, 1.807) is 0 Å². The van der Waals surface area contributed by atoms with Crippen LogP contribution in [0.3, 0.4) is 0 Å². The number of aromatic nitrogens is 1. The zero-order valence-electron chi connectivity index (χ0n) is 9.53. The van der Waals surface area contributed by atoms with Crippen LogP contribution in [0.2, 0.25) is 0 Å². The Labute approximate surface area is 99.0 Å². The minimum atomic E-state index is -0.0683. The van der Waals surface area contributed by atoms with Gasteiger partial charge in [-0.25, -0.2) is 4.98 Å². The summed E-state index contributed by atoms with van der Waals surface area (Å²) >= 11 is 1.49. The molecule has 1 fully saturated rings. The highest BCUT2D eigenvalue weighted by Crippen LogP contribution is 2.31. The summed E-state index contributed by atoms with van der Waals surface area (Å²) in [7, 11) is 0. The average Bonchev–Trinajstić information content (AvgIpc) is 2.65. The molecular weight excluding hydrogens is 224 g/mol. The van der Waals surface area contributed by atoms with Gasteiger partial charge in [0, 0.05) is 24.8 Å². The van der Waals surface area contributed by atoms with E-state index in [0.717, 1.165) is 25.1 Å². The summed E-state index contributed by atoms with van der Waals surface area (Å²) in [5.41, 5.74) is 1.09. The van der Waals surface area contributed by atoms with Crippen LogP contribution >= 0.6 is 11.3 Å². The van der Waals surface area contributed by atoms with Gasteiger partial charge in [0.2, 0.25) is 5.91 Å². The van der Waals surface area contributed by atoms with Gasteiger partial charge in [-0.1, -0.05) is 0 Å². The van der Waals surface area contributed by atoms with E-state index < -0.39 is 0 Å². The smallest absolute Gasteiger partial charge is 0.223 e. The number of nitrogens with one attached hydrogen (secondary N) is 1. The van der Waals surface area contributed by atoms with E-state index in [4.69, 9.17) is 4.74 Å². The highest BCUT2D eigenvalue weighted by Gasteiger charge is 2.23. The van der Waals surface area contributed by atoms with E-state index in [-0.39, 0.29) is 5.91 Å². The molecular formula is C11H16N2O2S. The Morgan fingerprint density at radius 1 is 1.69 bits per heavy atom. The van der Waals surface area contributed by atoms with Crippen molar-refractivity contribution < 1.29 is 9.53 Å². The van der Waals surface area contributed by atoms with Gasteiger partial charge < -0.3 is 10.1 Å². The van der Waals surface area contributed by atoms with Gasteiger partial charge in [-0.15, -0.1) is 11.3 Å². The van der Waals surface area contributed by atoms with E-state index in [1.807, 2.05) is 5.38 Å². The lowest BCUT2D eigenvalue weighted by Crippen LogP contribution is -2.22. The number of thiazole rings is 1. The number of amides is 1. The van der Waals surface area contributed by atoms with Gasteiger partial charge in [0.1, 0.15) is 0 Å². The van der Waals surface area contributed by atoms with Crippen molar-refractivity contribution in [2.75, 3.05) is 11.9 Å². The molecule has 0 aliphatic carbocycles. The van der Waals surface area contributed by atoms with Gasteiger partial charge >= 0.3 is 0 Å². The lowest BCUT2D eigenvalue weighted by molar-refractivity contribution is -0.114. The fourth-order valence-electron chi connectivity index (χ4n) is 1.95. The minimum absolute atomic E-state index is 0.0683. The van der Waals surface area contributed by atoms with Gasteiger partial charge in [0.15, 0.2) is 5.13 Å². The second kappa shape index (κ2) is 4.93. The van der Waals surface area contributed by atoms with Crippen molar-refractivity contribution in [1.82, 2.24) is 4.98 Å². The molecule has 2 unspecified atom stereocenters. The summed E-state index contributed by atoms with van der Waals surface area (Å²) in [5.74, 6) is 0.406. The molecule has 1 N–H and O–H groups in total. The number of anilines is 1. The van der Waals surface area contributed by atoms with Gasteiger partial charge in [-0.05, 0) is 19.8 Å². The molecule has 0 spiro atoms. The first-order chi connectivity index (χ1) is 7.65. The number of carbonyl (C=O) groups is 1. The first-order valence-corrected chi connectivity index (χ1v) is 6.37. The number of nitrogens with zero attached hydrogens (tertiary/aromatic N) is 1. The first-order valence-electron chi connectivity index (χ1n) is 5.49. The van der Waals surface area contributed by atoms with Crippen LogP contribution in [-0.4, -0.2) is 23.6 Å². The number of ether oxygens (including phenoxy) is 1. The van der Waals surface area contributed by atoms with Crippen LogP contribution in [0.25, 0.3) is 0 Å². The van der Waals surface area contributed by atoms with E-state index >= 15 is 0 Å². The molecule has 0 bridgehead atoms. The molecule has 1 saturated heterocycles.